The van der Waals surface area contributed by atoms with Crippen LogP contribution < -0.4 is 9.47 Å². The summed E-state index contributed by atoms with van der Waals surface area (Å²) in [5.74, 6) is 4.97. The molecule has 0 atom stereocenters. The highest BCUT2D eigenvalue weighted by atomic mass is 32.2. The van der Waals surface area contributed by atoms with Gasteiger partial charge in [-0.05, 0) is 22.9 Å². The Hall–Kier alpha value is -4.02. The Morgan fingerprint density at radius 2 is 0.975 bits per heavy atom. The summed E-state index contributed by atoms with van der Waals surface area (Å²) in [7, 11) is 3.95. The Morgan fingerprint density at radius 1 is 0.550 bits per heavy atom. The van der Waals surface area contributed by atoms with Crippen LogP contribution in [0.5, 0.6) is 11.5 Å². The molecular formula is C30H28N6O2S2. The van der Waals surface area contributed by atoms with E-state index < -0.39 is 0 Å². The predicted octanol–water partition coefficient (Wildman–Crippen LogP) is 6.29. The highest BCUT2D eigenvalue weighted by molar-refractivity contribution is 8.02. The second-order valence-corrected chi connectivity index (χ2v) is 11.3. The van der Waals surface area contributed by atoms with Gasteiger partial charge >= 0.3 is 0 Å². The molecule has 10 heteroatoms. The van der Waals surface area contributed by atoms with E-state index in [9.17, 15) is 0 Å². The molecule has 0 amide bonds. The smallest absolute Gasteiger partial charge is 0.191 e. The molecule has 0 spiro atoms. The molecule has 0 bridgehead atoms. The molecule has 2 aromatic heterocycles. The van der Waals surface area contributed by atoms with Crippen molar-refractivity contribution in [1.29, 1.82) is 0 Å². The van der Waals surface area contributed by atoms with Gasteiger partial charge in [0.2, 0.25) is 0 Å². The first-order chi connectivity index (χ1) is 19.7. The minimum atomic E-state index is 0.357. The van der Waals surface area contributed by atoms with Crippen LogP contribution in [0.1, 0.15) is 11.6 Å². The van der Waals surface area contributed by atoms with Crippen molar-refractivity contribution < 1.29 is 9.47 Å². The van der Waals surface area contributed by atoms with Gasteiger partial charge in [-0.2, -0.15) is 0 Å². The van der Waals surface area contributed by atoms with Crippen LogP contribution in [-0.2, 0) is 27.3 Å². The molecule has 0 N–H and O–H groups in total. The molecule has 0 saturated heterocycles. The second-order valence-electron chi connectivity index (χ2n) is 9.14. The van der Waals surface area contributed by atoms with Gasteiger partial charge in [0.1, 0.15) is 24.7 Å². The number of rotatable bonds is 11. The van der Waals surface area contributed by atoms with Gasteiger partial charge in [0.05, 0.1) is 0 Å². The number of ether oxygens (including phenoxy) is 2. The molecule has 0 aliphatic rings. The van der Waals surface area contributed by atoms with E-state index in [1.807, 2.05) is 71.8 Å². The van der Waals surface area contributed by atoms with Gasteiger partial charge in [0.15, 0.2) is 22.0 Å². The van der Waals surface area contributed by atoms with Crippen molar-refractivity contribution in [2.24, 2.45) is 14.1 Å². The molecule has 40 heavy (non-hydrogen) atoms. The zero-order valence-corrected chi connectivity index (χ0v) is 23.9. The first-order valence-corrected chi connectivity index (χ1v) is 14.9. The third kappa shape index (κ3) is 5.64. The third-order valence-electron chi connectivity index (χ3n) is 6.61. The number of benzene rings is 4. The normalized spacial score (nSPS) is 11.3. The standard InChI is InChI=1S/C30H28N6O2S2/c1-35-27(19-37-25-15-7-11-21-9-3-5-13-23(21)25)31-33-29(35)39-17-18-40-30-34-32-28(36(30)2)20-38-26-16-8-12-22-10-4-6-14-24(22)26/h3-16H,17-20H2,1-2H3. The molecule has 0 saturated carbocycles. The quantitative estimate of drug-likeness (QED) is 0.133. The zero-order chi connectivity index (χ0) is 27.3. The average Bonchev–Trinajstić information content (AvgIpc) is 3.53. The minimum Gasteiger partial charge on any atom is -0.485 e. The van der Waals surface area contributed by atoms with Crippen molar-refractivity contribution in [3.05, 3.63) is 96.6 Å². The van der Waals surface area contributed by atoms with Gasteiger partial charge in [-0.1, -0.05) is 96.3 Å². The summed E-state index contributed by atoms with van der Waals surface area (Å²) >= 11 is 3.33. The lowest BCUT2D eigenvalue weighted by Crippen LogP contribution is -2.05. The molecule has 0 fully saturated rings. The molecule has 202 valence electrons. The van der Waals surface area contributed by atoms with Gasteiger partial charge in [-0.3, -0.25) is 0 Å². The number of hydrogen-bond donors (Lipinski definition) is 0. The summed E-state index contributed by atoms with van der Waals surface area (Å²) < 4.78 is 16.2. The van der Waals surface area contributed by atoms with Crippen LogP contribution in [0.15, 0.2) is 95.2 Å². The SMILES string of the molecule is Cn1c(COc2cccc3ccccc23)nnc1SCCSc1nnc(COc2cccc3ccccc23)n1C. The highest BCUT2D eigenvalue weighted by Gasteiger charge is 2.13. The lowest BCUT2D eigenvalue weighted by atomic mass is 10.1. The lowest BCUT2D eigenvalue weighted by molar-refractivity contribution is 0.294. The van der Waals surface area contributed by atoms with E-state index in [-0.39, 0.29) is 0 Å². The van der Waals surface area contributed by atoms with Gasteiger partial charge in [-0.15, -0.1) is 20.4 Å². The molecule has 4 aromatic carbocycles. The van der Waals surface area contributed by atoms with Crippen LogP contribution >= 0.6 is 23.5 Å². The van der Waals surface area contributed by atoms with Crippen molar-refractivity contribution in [3.8, 4) is 11.5 Å². The fourth-order valence-electron chi connectivity index (χ4n) is 4.39. The number of aromatic nitrogens is 6. The summed E-state index contributed by atoms with van der Waals surface area (Å²) in [6, 6.07) is 28.5. The number of nitrogens with zero attached hydrogens (tertiary/aromatic N) is 6. The largest absolute Gasteiger partial charge is 0.485 e. The van der Waals surface area contributed by atoms with Crippen molar-refractivity contribution in [2.45, 2.75) is 23.5 Å². The molecular weight excluding hydrogens is 541 g/mol. The van der Waals surface area contributed by atoms with Crippen molar-refractivity contribution in [3.63, 3.8) is 0 Å². The summed E-state index contributed by atoms with van der Waals surface area (Å²) in [4.78, 5) is 0. The molecule has 0 radical (unpaired) electrons. The Kier molecular flexibility index (Phi) is 7.87. The van der Waals surface area contributed by atoms with Gasteiger partial charge < -0.3 is 18.6 Å². The fraction of sp³-hybridized carbons (Fsp3) is 0.200. The first kappa shape index (κ1) is 26.2. The number of fused-ring (bicyclic) bond motifs is 2. The zero-order valence-electron chi connectivity index (χ0n) is 22.2. The van der Waals surface area contributed by atoms with E-state index in [4.69, 9.17) is 9.47 Å². The Morgan fingerprint density at radius 3 is 1.45 bits per heavy atom. The van der Waals surface area contributed by atoms with E-state index in [1.54, 1.807) is 23.5 Å². The van der Waals surface area contributed by atoms with E-state index >= 15 is 0 Å². The Balaban J connectivity index is 0.996. The van der Waals surface area contributed by atoms with Crippen LogP contribution in [-0.4, -0.2) is 41.0 Å². The first-order valence-electron chi connectivity index (χ1n) is 12.9. The van der Waals surface area contributed by atoms with Crippen molar-refractivity contribution >= 4 is 45.1 Å². The average molecular weight is 569 g/mol. The van der Waals surface area contributed by atoms with Crippen LogP contribution in [0.4, 0.5) is 0 Å². The predicted molar refractivity (Wildman–Crippen MR) is 160 cm³/mol. The van der Waals surface area contributed by atoms with Crippen LogP contribution in [0.25, 0.3) is 21.5 Å². The molecule has 0 aliphatic carbocycles. The maximum Gasteiger partial charge on any atom is 0.191 e. The summed E-state index contributed by atoms with van der Waals surface area (Å²) in [6.07, 6.45) is 0. The van der Waals surface area contributed by atoms with E-state index in [0.29, 0.717) is 13.2 Å². The third-order valence-corrected chi connectivity index (χ3v) is 8.91. The van der Waals surface area contributed by atoms with E-state index in [0.717, 1.165) is 66.5 Å². The molecule has 0 aliphatic heterocycles. The molecule has 8 nitrogen and oxygen atoms in total. The molecule has 2 heterocycles. The van der Waals surface area contributed by atoms with Crippen LogP contribution in [0.3, 0.4) is 0 Å². The topological polar surface area (TPSA) is 79.9 Å². The van der Waals surface area contributed by atoms with E-state index in [2.05, 4.69) is 56.8 Å². The maximum absolute atomic E-state index is 6.10. The highest BCUT2D eigenvalue weighted by Crippen LogP contribution is 2.28. The number of thioether (sulfide) groups is 2. The maximum atomic E-state index is 6.10. The summed E-state index contributed by atoms with van der Waals surface area (Å²) in [5, 5.41) is 23.6. The van der Waals surface area contributed by atoms with Gasteiger partial charge in [0.25, 0.3) is 0 Å². The van der Waals surface area contributed by atoms with Gasteiger partial charge in [-0.25, -0.2) is 0 Å². The monoisotopic (exact) mass is 568 g/mol. The number of hydrogen-bond acceptors (Lipinski definition) is 8. The lowest BCUT2D eigenvalue weighted by Gasteiger charge is -2.09. The Labute approximate surface area is 240 Å². The second kappa shape index (κ2) is 12.0. The van der Waals surface area contributed by atoms with Crippen LogP contribution in [0, 0.1) is 0 Å². The summed E-state index contributed by atoms with van der Waals surface area (Å²) in [5.41, 5.74) is 0. The fourth-order valence-corrected chi connectivity index (χ4v) is 6.21. The van der Waals surface area contributed by atoms with Gasteiger partial charge in [0, 0.05) is 36.4 Å². The minimum absolute atomic E-state index is 0.357. The van der Waals surface area contributed by atoms with Crippen molar-refractivity contribution in [1.82, 2.24) is 29.5 Å². The van der Waals surface area contributed by atoms with Crippen molar-refractivity contribution in [2.75, 3.05) is 11.5 Å². The summed E-state index contributed by atoms with van der Waals surface area (Å²) in [6.45, 7) is 0.713. The molecule has 6 rings (SSSR count). The Bertz CT molecular complexity index is 1630. The molecule has 0 unspecified atom stereocenters. The van der Waals surface area contributed by atoms with E-state index in [1.165, 1.54) is 0 Å². The molecule has 6 aromatic rings. The van der Waals surface area contributed by atoms with Crippen LogP contribution in [0.2, 0.25) is 0 Å².